The van der Waals surface area contributed by atoms with E-state index in [0.717, 1.165) is 54.3 Å². The van der Waals surface area contributed by atoms with Gasteiger partial charge in [0.15, 0.2) is 5.65 Å². The zero-order chi connectivity index (χ0) is 18.1. The molecule has 0 unspecified atom stereocenters. The molecule has 2 aromatic carbocycles. The number of rotatable bonds is 3. The fourth-order valence-electron chi connectivity index (χ4n) is 3.57. The highest BCUT2D eigenvalue weighted by molar-refractivity contribution is 5.92. The van der Waals surface area contributed by atoms with E-state index in [1.165, 1.54) is 5.69 Å². The van der Waals surface area contributed by atoms with Gasteiger partial charge in [-0.25, -0.2) is 9.67 Å². The Hall–Kier alpha value is -3.18. The van der Waals surface area contributed by atoms with E-state index in [2.05, 4.69) is 40.2 Å². The fourth-order valence-corrected chi connectivity index (χ4v) is 3.57. The molecule has 1 aliphatic rings. The van der Waals surface area contributed by atoms with Gasteiger partial charge < -0.3 is 9.64 Å². The van der Waals surface area contributed by atoms with Crippen LogP contribution >= 0.6 is 0 Å². The summed E-state index contributed by atoms with van der Waals surface area (Å²) < 4.78 is 7.36. The van der Waals surface area contributed by atoms with Crippen LogP contribution in [0.2, 0.25) is 0 Å². The molecule has 0 amide bonds. The summed E-state index contributed by atoms with van der Waals surface area (Å²) in [5, 5.41) is 5.95. The maximum absolute atomic E-state index is 5.45. The summed E-state index contributed by atoms with van der Waals surface area (Å²) in [6.07, 6.45) is 1.81. The predicted molar refractivity (Wildman–Crippen MR) is 107 cm³/mol. The van der Waals surface area contributed by atoms with Gasteiger partial charge in [0, 0.05) is 35.9 Å². The molecule has 1 fully saturated rings. The van der Waals surface area contributed by atoms with Gasteiger partial charge in [0.25, 0.3) is 0 Å². The van der Waals surface area contributed by atoms with Crippen LogP contribution in [0.5, 0.6) is 0 Å². The minimum atomic E-state index is 0.791. The van der Waals surface area contributed by atoms with Crippen LogP contribution in [0.15, 0.2) is 72.9 Å². The van der Waals surface area contributed by atoms with Crippen molar-refractivity contribution in [3.63, 3.8) is 0 Å². The maximum Gasteiger partial charge on any atom is 0.163 e. The van der Waals surface area contributed by atoms with E-state index in [1.54, 1.807) is 0 Å². The number of aromatic nitrogens is 3. The average Bonchev–Trinajstić information content (AvgIpc) is 3.15. The summed E-state index contributed by atoms with van der Waals surface area (Å²) >= 11 is 0. The summed E-state index contributed by atoms with van der Waals surface area (Å²) in [6.45, 7) is 3.46. The van der Waals surface area contributed by atoms with Crippen LogP contribution < -0.4 is 4.90 Å². The largest absolute Gasteiger partial charge is 0.378 e. The van der Waals surface area contributed by atoms with Crippen molar-refractivity contribution in [2.45, 2.75) is 0 Å². The third-order valence-corrected chi connectivity index (χ3v) is 4.96. The van der Waals surface area contributed by atoms with E-state index in [4.69, 9.17) is 9.84 Å². The molecular formula is C22H20N4O. The standard InChI is InChI=1S/C22H20N4O/c1-2-5-19(6-3-1)26-22-20(7-4-12-23-22)21(24-26)17-8-10-18(11-9-17)25-13-15-27-16-14-25/h1-12H,13-16H2. The quantitative estimate of drug-likeness (QED) is 0.558. The topological polar surface area (TPSA) is 43.2 Å². The Morgan fingerprint density at radius 1 is 0.778 bits per heavy atom. The van der Waals surface area contributed by atoms with Crippen molar-refractivity contribution in [3.05, 3.63) is 72.9 Å². The SMILES string of the molecule is c1ccc(-n2nc(-c3ccc(N4CCOCC4)cc3)c3cccnc32)cc1. The van der Waals surface area contributed by atoms with Gasteiger partial charge >= 0.3 is 0 Å². The van der Waals surface area contributed by atoms with E-state index in [0.29, 0.717) is 0 Å². The van der Waals surface area contributed by atoms with Crippen LogP contribution in [0.4, 0.5) is 5.69 Å². The lowest BCUT2D eigenvalue weighted by molar-refractivity contribution is 0.122. The Labute approximate surface area is 157 Å². The van der Waals surface area contributed by atoms with Crippen LogP contribution in [-0.4, -0.2) is 41.1 Å². The van der Waals surface area contributed by atoms with Crippen molar-refractivity contribution in [3.8, 4) is 16.9 Å². The van der Waals surface area contributed by atoms with Gasteiger partial charge in [-0.05, 0) is 36.4 Å². The summed E-state index contributed by atoms with van der Waals surface area (Å²) in [7, 11) is 0. The number of para-hydroxylation sites is 1. The molecule has 0 atom stereocenters. The lowest BCUT2D eigenvalue weighted by atomic mass is 10.1. The van der Waals surface area contributed by atoms with E-state index in [-0.39, 0.29) is 0 Å². The second-order valence-electron chi connectivity index (χ2n) is 6.62. The molecule has 1 aliphatic heterocycles. The molecule has 0 radical (unpaired) electrons. The number of hydrogen-bond donors (Lipinski definition) is 0. The van der Waals surface area contributed by atoms with Crippen molar-refractivity contribution in [2.24, 2.45) is 0 Å². The van der Waals surface area contributed by atoms with Crippen LogP contribution in [0.3, 0.4) is 0 Å². The maximum atomic E-state index is 5.45. The number of fused-ring (bicyclic) bond motifs is 1. The number of nitrogens with zero attached hydrogens (tertiary/aromatic N) is 4. The number of ether oxygens (including phenoxy) is 1. The Morgan fingerprint density at radius 3 is 2.33 bits per heavy atom. The molecule has 5 rings (SSSR count). The Morgan fingerprint density at radius 2 is 1.56 bits per heavy atom. The summed E-state index contributed by atoms with van der Waals surface area (Å²) in [4.78, 5) is 6.93. The third-order valence-electron chi connectivity index (χ3n) is 4.96. The van der Waals surface area contributed by atoms with Crippen molar-refractivity contribution >= 4 is 16.7 Å². The smallest absolute Gasteiger partial charge is 0.163 e. The normalized spacial score (nSPS) is 14.6. The highest BCUT2D eigenvalue weighted by Crippen LogP contribution is 2.30. The molecule has 0 saturated carbocycles. The minimum absolute atomic E-state index is 0.791. The Bertz CT molecular complexity index is 1050. The first-order valence-electron chi connectivity index (χ1n) is 9.22. The van der Waals surface area contributed by atoms with Crippen LogP contribution in [0.1, 0.15) is 0 Å². The summed E-state index contributed by atoms with van der Waals surface area (Å²) in [6, 6.07) is 22.8. The molecule has 0 bridgehead atoms. The zero-order valence-corrected chi connectivity index (χ0v) is 15.0. The molecule has 0 spiro atoms. The van der Waals surface area contributed by atoms with Gasteiger partial charge in [-0.1, -0.05) is 30.3 Å². The summed E-state index contributed by atoms with van der Waals surface area (Å²) in [5.41, 5.74) is 5.16. The van der Waals surface area contributed by atoms with E-state index in [1.807, 2.05) is 47.3 Å². The van der Waals surface area contributed by atoms with E-state index in [9.17, 15) is 0 Å². The number of pyridine rings is 1. The first kappa shape index (κ1) is 16.0. The number of morpholine rings is 1. The van der Waals surface area contributed by atoms with Crippen molar-refractivity contribution in [1.82, 2.24) is 14.8 Å². The minimum Gasteiger partial charge on any atom is -0.378 e. The van der Waals surface area contributed by atoms with Crippen LogP contribution in [0, 0.1) is 0 Å². The molecule has 1 saturated heterocycles. The number of benzene rings is 2. The highest BCUT2D eigenvalue weighted by atomic mass is 16.5. The second-order valence-corrected chi connectivity index (χ2v) is 6.62. The lowest BCUT2D eigenvalue weighted by Gasteiger charge is -2.28. The fraction of sp³-hybridized carbons (Fsp3) is 0.182. The lowest BCUT2D eigenvalue weighted by Crippen LogP contribution is -2.36. The highest BCUT2D eigenvalue weighted by Gasteiger charge is 2.15. The first-order valence-corrected chi connectivity index (χ1v) is 9.22. The molecule has 5 nitrogen and oxygen atoms in total. The molecule has 4 aromatic rings. The van der Waals surface area contributed by atoms with Crippen LogP contribution in [0.25, 0.3) is 28.0 Å². The second kappa shape index (κ2) is 6.85. The Kier molecular flexibility index (Phi) is 4.07. The van der Waals surface area contributed by atoms with Gasteiger partial charge in [-0.2, -0.15) is 5.10 Å². The van der Waals surface area contributed by atoms with Gasteiger partial charge in [0.05, 0.1) is 18.9 Å². The monoisotopic (exact) mass is 356 g/mol. The van der Waals surface area contributed by atoms with Crippen LogP contribution in [-0.2, 0) is 4.74 Å². The molecule has 5 heteroatoms. The van der Waals surface area contributed by atoms with Crippen molar-refractivity contribution in [1.29, 1.82) is 0 Å². The molecule has 27 heavy (non-hydrogen) atoms. The molecule has 0 aliphatic carbocycles. The molecule has 2 aromatic heterocycles. The predicted octanol–water partition coefficient (Wildman–Crippen LogP) is 3.92. The molecule has 134 valence electrons. The molecule has 3 heterocycles. The molecular weight excluding hydrogens is 336 g/mol. The molecule has 0 N–H and O–H groups in total. The van der Waals surface area contributed by atoms with Crippen molar-refractivity contribution < 1.29 is 4.74 Å². The Balaban J connectivity index is 1.57. The van der Waals surface area contributed by atoms with E-state index < -0.39 is 0 Å². The van der Waals surface area contributed by atoms with Gasteiger partial charge in [0.1, 0.15) is 5.69 Å². The van der Waals surface area contributed by atoms with Crippen molar-refractivity contribution in [2.75, 3.05) is 31.2 Å². The van der Waals surface area contributed by atoms with Gasteiger partial charge in [0.2, 0.25) is 0 Å². The number of hydrogen-bond acceptors (Lipinski definition) is 4. The summed E-state index contributed by atoms with van der Waals surface area (Å²) in [5.74, 6) is 0. The number of anilines is 1. The van der Waals surface area contributed by atoms with Gasteiger partial charge in [-0.15, -0.1) is 0 Å². The zero-order valence-electron chi connectivity index (χ0n) is 15.0. The third kappa shape index (κ3) is 2.96. The van der Waals surface area contributed by atoms with Gasteiger partial charge in [-0.3, -0.25) is 0 Å². The van der Waals surface area contributed by atoms with E-state index >= 15 is 0 Å². The first-order chi connectivity index (χ1) is 13.4. The average molecular weight is 356 g/mol.